The van der Waals surface area contributed by atoms with Gasteiger partial charge in [-0.2, -0.15) is 4.99 Å². The van der Waals surface area contributed by atoms with Crippen molar-refractivity contribution < 1.29 is 4.79 Å². The SMILES string of the molecule is CCN1CCN(c2ccc(-c3ccnc4ccc(C=C5SC(N6CCCC6)=NC5=O)cc34)cc2)CC1. The summed E-state index contributed by atoms with van der Waals surface area (Å²) in [6.45, 7) is 9.73. The summed E-state index contributed by atoms with van der Waals surface area (Å²) in [6.07, 6.45) is 6.18. The van der Waals surface area contributed by atoms with E-state index in [1.165, 1.54) is 35.9 Å². The van der Waals surface area contributed by atoms with Crippen LogP contribution in [0, 0.1) is 0 Å². The molecule has 7 heteroatoms. The van der Waals surface area contributed by atoms with Gasteiger partial charge < -0.3 is 14.7 Å². The molecule has 0 spiro atoms. The Labute approximate surface area is 216 Å². The first-order valence-electron chi connectivity index (χ1n) is 12.9. The van der Waals surface area contributed by atoms with Gasteiger partial charge in [0, 0.05) is 56.5 Å². The summed E-state index contributed by atoms with van der Waals surface area (Å²) >= 11 is 1.50. The number of thioether (sulfide) groups is 1. The minimum Gasteiger partial charge on any atom is -0.369 e. The lowest BCUT2D eigenvalue weighted by Gasteiger charge is -2.35. The van der Waals surface area contributed by atoms with E-state index in [-0.39, 0.29) is 5.91 Å². The van der Waals surface area contributed by atoms with Crippen molar-refractivity contribution in [3.8, 4) is 11.1 Å². The lowest BCUT2D eigenvalue weighted by Crippen LogP contribution is -2.46. The molecule has 2 aromatic carbocycles. The molecule has 0 atom stereocenters. The normalized spacial score (nSPS) is 20.1. The van der Waals surface area contributed by atoms with Crippen LogP contribution in [0.1, 0.15) is 25.3 Å². The first-order chi connectivity index (χ1) is 17.7. The number of piperazine rings is 1. The molecule has 0 saturated carbocycles. The van der Waals surface area contributed by atoms with Gasteiger partial charge >= 0.3 is 0 Å². The molecule has 1 amide bonds. The number of likely N-dealkylation sites (tertiary alicyclic amines) is 1. The average molecular weight is 498 g/mol. The van der Waals surface area contributed by atoms with Gasteiger partial charge in [-0.1, -0.05) is 25.1 Å². The monoisotopic (exact) mass is 497 g/mol. The lowest BCUT2D eigenvalue weighted by atomic mass is 9.99. The molecule has 2 saturated heterocycles. The number of amidine groups is 1. The molecule has 6 rings (SSSR count). The summed E-state index contributed by atoms with van der Waals surface area (Å²) in [5, 5.41) is 1.94. The highest BCUT2D eigenvalue weighted by Crippen LogP contribution is 2.34. The number of aliphatic imine (C=N–C) groups is 1. The van der Waals surface area contributed by atoms with Gasteiger partial charge in [-0.15, -0.1) is 0 Å². The number of nitrogens with zero attached hydrogens (tertiary/aromatic N) is 5. The Morgan fingerprint density at radius 1 is 0.917 bits per heavy atom. The average Bonchev–Trinajstić information content (AvgIpc) is 3.59. The van der Waals surface area contributed by atoms with Gasteiger partial charge in [0.15, 0.2) is 5.17 Å². The van der Waals surface area contributed by atoms with Crippen molar-refractivity contribution in [1.82, 2.24) is 14.8 Å². The second kappa shape index (κ2) is 10.1. The van der Waals surface area contributed by atoms with Crippen molar-refractivity contribution in [1.29, 1.82) is 0 Å². The Bertz CT molecular complexity index is 1340. The van der Waals surface area contributed by atoms with E-state index in [1.54, 1.807) is 0 Å². The second-order valence-corrected chi connectivity index (χ2v) is 10.6. The topological polar surface area (TPSA) is 52.0 Å². The van der Waals surface area contributed by atoms with Crippen LogP contribution in [0.15, 0.2) is 64.6 Å². The maximum absolute atomic E-state index is 12.6. The van der Waals surface area contributed by atoms with Gasteiger partial charge in [0.1, 0.15) is 0 Å². The van der Waals surface area contributed by atoms with Crippen LogP contribution in [-0.2, 0) is 4.79 Å². The Hall–Kier alpha value is -3.16. The molecule has 0 aliphatic carbocycles. The Morgan fingerprint density at radius 2 is 1.69 bits per heavy atom. The highest BCUT2D eigenvalue weighted by atomic mass is 32.2. The Kier molecular flexibility index (Phi) is 6.50. The highest BCUT2D eigenvalue weighted by Gasteiger charge is 2.27. The molecule has 184 valence electrons. The third-order valence-corrected chi connectivity index (χ3v) is 8.46. The molecule has 4 heterocycles. The highest BCUT2D eigenvalue weighted by molar-refractivity contribution is 8.18. The molecular formula is C29H31N5OS. The van der Waals surface area contributed by atoms with Gasteiger partial charge in [-0.25, -0.2) is 0 Å². The van der Waals surface area contributed by atoms with E-state index in [0.29, 0.717) is 4.91 Å². The fraction of sp³-hybridized carbons (Fsp3) is 0.345. The van der Waals surface area contributed by atoms with Crippen molar-refractivity contribution >= 4 is 45.5 Å². The first kappa shape index (κ1) is 23.3. The fourth-order valence-corrected chi connectivity index (χ4v) is 6.24. The van der Waals surface area contributed by atoms with E-state index in [2.05, 4.69) is 68.0 Å². The van der Waals surface area contributed by atoms with Gasteiger partial charge in [-0.05, 0) is 84.2 Å². The van der Waals surface area contributed by atoms with Crippen molar-refractivity contribution in [2.75, 3.05) is 50.7 Å². The third kappa shape index (κ3) is 4.65. The van der Waals surface area contributed by atoms with Crippen molar-refractivity contribution in [3.63, 3.8) is 0 Å². The van der Waals surface area contributed by atoms with Crippen molar-refractivity contribution in [2.24, 2.45) is 4.99 Å². The summed E-state index contributed by atoms with van der Waals surface area (Å²) in [4.78, 5) is 29.4. The minimum atomic E-state index is -0.135. The van der Waals surface area contributed by atoms with Crippen LogP contribution < -0.4 is 4.90 Å². The van der Waals surface area contributed by atoms with E-state index in [4.69, 9.17) is 0 Å². The minimum absolute atomic E-state index is 0.135. The number of anilines is 1. The zero-order chi connectivity index (χ0) is 24.5. The molecule has 0 bridgehead atoms. The number of carbonyl (C=O) groups is 1. The molecule has 3 aliphatic rings. The molecule has 36 heavy (non-hydrogen) atoms. The summed E-state index contributed by atoms with van der Waals surface area (Å²) in [5.74, 6) is -0.135. The number of fused-ring (bicyclic) bond motifs is 1. The zero-order valence-corrected chi connectivity index (χ0v) is 21.5. The molecule has 3 aliphatic heterocycles. The van der Waals surface area contributed by atoms with Crippen LogP contribution in [0.2, 0.25) is 0 Å². The summed E-state index contributed by atoms with van der Waals surface area (Å²) in [7, 11) is 0. The molecular weight excluding hydrogens is 466 g/mol. The largest absolute Gasteiger partial charge is 0.369 e. The van der Waals surface area contributed by atoms with Gasteiger partial charge in [0.2, 0.25) is 0 Å². The Morgan fingerprint density at radius 3 is 2.44 bits per heavy atom. The van der Waals surface area contributed by atoms with E-state index in [9.17, 15) is 4.79 Å². The summed E-state index contributed by atoms with van der Waals surface area (Å²) < 4.78 is 0. The van der Waals surface area contributed by atoms with Crippen LogP contribution in [0.4, 0.5) is 5.69 Å². The molecule has 6 nitrogen and oxygen atoms in total. The molecule has 0 N–H and O–H groups in total. The second-order valence-electron chi connectivity index (χ2n) is 9.61. The summed E-state index contributed by atoms with van der Waals surface area (Å²) in [6, 6.07) is 17.2. The molecule has 2 fully saturated rings. The van der Waals surface area contributed by atoms with E-state index in [0.717, 1.165) is 73.0 Å². The predicted molar refractivity (Wildman–Crippen MR) is 150 cm³/mol. The third-order valence-electron chi connectivity index (χ3n) is 7.41. The lowest BCUT2D eigenvalue weighted by molar-refractivity contribution is -0.113. The standard InChI is InChI=1S/C29H31N5OS/c1-2-32-15-17-33(18-16-32)23-8-6-22(7-9-23)24-11-12-30-26-10-5-21(19-25(24)26)20-27-28(35)31-29(36-27)34-13-3-4-14-34/h5-12,19-20H,2-4,13-18H2,1H3. The predicted octanol–water partition coefficient (Wildman–Crippen LogP) is 5.11. The van der Waals surface area contributed by atoms with E-state index < -0.39 is 0 Å². The smallest absolute Gasteiger partial charge is 0.286 e. The quantitative estimate of drug-likeness (QED) is 0.467. The number of likely N-dealkylation sites (N-methyl/N-ethyl adjacent to an activating group) is 1. The van der Waals surface area contributed by atoms with E-state index in [1.807, 2.05) is 24.4 Å². The van der Waals surface area contributed by atoms with Crippen molar-refractivity contribution in [3.05, 3.63) is 65.2 Å². The summed E-state index contributed by atoms with van der Waals surface area (Å²) in [5.41, 5.74) is 5.56. The van der Waals surface area contributed by atoms with Crippen LogP contribution in [0.3, 0.4) is 0 Å². The van der Waals surface area contributed by atoms with Crippen LogP contribution in [0.5, 0.6) is 0 Å². The van der Waals surface area contributed by atoms with Crippen LogP contribution >= 0.6 is 11.8 Å². The number of rotatable bonds is 4. The molecule has 1 aromatic heterocycles. The van der Waals surface area contributed by atoms with Crippen LogP contribution in [0.25, 0.3) is 28.1 Å². The number of aromatic nitrogens is 1. The van der Waals surface area contributed by atoms with E-state index >= 15 is 0 Å². The zero-order valence-electron chi connectivity index (χ0n) is 20.7. The number of carbonyl (C=O) groups excluding carboxylic acids is 1. The number of amides is 1. The van der Waals surface area contributed by atoms with Gasteiger partial charge in [-0.3, -0.25) is 9.78 Å². The fourth-order valence-electron chi connectivity index (χ4n) is 5.27. The number of benzene rings is 2. The van der Waals surface area contributed by atoms with Gasteiger partial charge in [0.05, 0.1) is 10.4 Å². The van der Waals surface area contributed by atoms with Crippen molar-refractivity contribution in [2.45, 2.75) is 19.8 Å². The Balaban J connectivity index is 1.25. The number of hydrogen-bond acceptors (Lipinski definition) is 6. The maximum Gasteiger partial charge on any atom is 0.286 e. The maximum atomic E-state index is 12.6. The number of pyridine rings is 1. The molecule has 0 radical (unpaired) electrons. The molecule has 3 aromatic rings. The molecule has 0 unspecified atom stereocenters. The first-order valence-corrected chi connectivity index (χ1v) is 13.7. The van der Waals surface area contributed by atoms with Gasteiger partial charge in [0.25, 0.3) is 5.91 Å². The number of hydrogen-bond donors (Lipinski definition) is 0. The van der Waals surface area contributed by atoms with Crippen LogP contribution in [-0.4, -0.2) is 71.7 Å².